The normalized spacial score (nSPS) is 13.0. The van der Waals surface area contributed by atoms with Crippen LogP contribution in [0.5, 0.6) is 0 Å². The molecule has 0 spiro atoms. The minimum absolute atomic E-state index is 0.0210. The molecule has 11 heteroatoms. The third-order valence-electron chi connectivity index (χ3n) is 5.13. The van der Waals surface area contributed by atoms with Gasteiger partial charge in [-0.15, -0.1) is 11.3 Å². The molecule has 0 aliphatic carbocycles. The molecular formula is C21H20N6O4S. The molecule has 164 valence electrons. The summed E-state index contributed by atoms with van der Waals surface area (Å²) < 4.78 is 0. The number of H-pyrrole nitrogens is 2. The molecule has 0 aliphatic heterocycles. The molecule has 0 fully saturated rings. The summed E-state index contributed by atoms with van der Waals surface area (Å²) in [5, 5.41) is 12.5. The molecule has 1 amide bonds. The minimum Gasteiger partial charge on any atom is -0.479 e. The van der Waals surface area contributed by atoms with Crippen molar-refractivity contribution in [3.05, 3.63) is 73.8 Å². The van der Waals surface area contributed by atoms with Gasteiger partial charge in [-0.25, -0.2) is 4.79 Å². The molecule has 2 unspecified atom stereocenters. The summed E-state index contributed by atoms with van der Waals surface area (Å²) in [5.41, 5.74) is 12.9. The fraction of sp³-hybridized carbons (Fsp3) is 0.143. The minimum atomic E-state index is -1.21. The zero-order chi connectivity index (χ0) is 23.0. The number of carboxylic acid groups (broad SMARTS) is 1. The number of nitrogen functional groups attached to an aromatic ring is 2. The van der Waals surface area contributed by atoms with Crippen LogP contribution in [0.2, 0.25) is 0 Å². The van der Waals surface area contributed by atoms with E-state index in [9.17, 15) is 19.5 Å². The largest absolute Gasteiger partial charge is 0.479 e. The number of carbonyl (C=O) groups excluding carboxylic acids is 1. The van der Waals surface area contributed by atoms with E-state index in [4.69, 9.17) is 11.5 Å². The van der Waals surface area contributed by atoms with Gasteiger partial charge in [-0.2, -0.15) is 4.98 Å². The predicted molar refractivity (Wildman–Crippen MR) is 122 cm³/mol. The number of nitrogens with zero attached hydrogens (tertiary/aromatic N) is 1. The average Bonchev–Trinajstić information content (AvgIpc) is 3.39. The highest BCUT2D eigenvalue weighted by molar-refractivity contribution is 7.14. The Kier molecular flexibility index (Phi) is 5.41. The number of anilines is 2. The first-order valence-corrected chi connectivity index (χ1v) is 10.4. The van der Waals surface area contributed by atoms with Gasteiger partial charge in [0, 0.05) is 22.7 Å². The summed E-state index contributed by atoms with van der Waals surface area (Å²) in [6.07, 6.45) is 1.69. The number of hydrogen-bond donors (Lipinski definition) is 6. The standard InChI is InChI=1S/C21H20N6O4S/c1-9(12-8-24-17-15(12)19(29)27-21(23)26-17)13-6-7-14(32-13)18(28)25-16(20(30)31)10-2-4-11(22)5-3-10/h2-9,16H,22H2,1H3,(H,25,28)(H,30,31)(H4,23,24,26,27,29). The van der Waals surface area contributed by atoms with Crippen LogP contribution in [-0.4, -0.2) is 31.9 Å². The number of aromatic nitrogens is 3. The van der Waals surface area contributed by atoms with Crippen molar-refractivity contribution >= 4 is 45.9 Å². The van der Waals surface area contributed by atoms with Gasteiger partial charge < -0.3 is 26.9 Å². The molecule has 0 aliphatic rings. The Hall–Kier alpha value is -4.12. The highest BCUT2D eigenvalue weighted by atomic mass is 32.1. The number of aromatic amines is 2. The van der Waals surface area contributed by atoms with Gasteiger partial charge in [0.25, 0.3) is 11.5 Å². The molecule has 1 aromatic carbocycles. The Morgan fingerprint density at radius 1 is 1.16 bits per heavy atom. The van der Waals surface area contributed by atoms with E-state index in [1.54, 1.807) is 42.6 Å². The second-order valence-corrected chi connectivity index (χ2v) is 8.37. The van der Waals surface area contributed by atoms with E-state index < -0.39 is 17.9 Å². The van der Waals surface area contributed by atoms with E-state index >= 15 is 0 Å². The van der Waals surface area contributed by atoms with E-state index in [0.717, 1.165) is 4.88 Å². The Bertz CT molecular complexity index is 1370. The quantitative estimate of drug-likeness (QED) is 0.242. The number of carboxylic acids is 1. The van der Waals surface area contributed by atoms with Crippen LogP contribution in [-0.2, 0) is 4.79 Å². The summed E-state index contributed by atoms with van der Waals surface area (Å²) in [5.74, 6) is -1.89. The van der Waals surface area contributed by atoms with Crippen LogP contribution in [0.15, 0.2) is 47.4 Å². The van der Waals surface area contributed by atoms with Gasteiger partial charge in [0.1, 0.15) is 5.65 Å². The number of benzene rings is 1. The topological polar surface area (TPSA) is 180 Å². The molecule has 3 heterocycles. The van der Waals surface area contributed by atoms with Gasteiger partial charge >= 0.3 is 5.97 Å². The van der Waals surface area contributed by atoms with Gasteiger partial charge in [-0.3, -0.25) is 14.6 Å². The van der Waals surface area contributed by atoms with Crippen molar-refractivity contribution in [2.24, 2.45) is 0 Å². The molecule has 4 aromatic rings. The van der Waals surface area contributed by atoms with E-state index in [-0.39, 0.29) is 17.4 Å². The van der Waals surface area contributed by atoms with E-state index in [1.807, 2.05) is 6.92 Å². The molecule has 0 saturated carbocycles. The maximum atomic E-state index is 12.8. The molecule has 32 heavy (non-hydrogen) atoms. The third-order valence-corrected chi connectivity index (χ3v) is 6.39. The van der Waals surface area contributed by atoms with Crippen LogP contribution in [0.4, 0.5) is 11.6 Å². The third kappa shape index (κ3) is 3.93. The predicted octanol–water partition coefficient (Wildman–Crippen LogP) is 2.18. The Labute approximate surface area is 185 Å². The van der Waals surface area contributed by atoms with Crippen molar-refractivity contribution in [2.45, 2.75) is 18.9 Å². The molecule has 3 aromatic heterocycles. The summed E-state index contributed by atoms with van der Waals surface area (Å²) in [6.45, 7) is 1.90. The Balaban J connectivity index is 1.58. The van der Waals surface area contributed by atoms with Crippen LogP contribution in [0.25, 0.3) is 11.0 Å². The number of rotatable bonds is 6. The molecule has 2 atom stereocenters. The molecule has 8 N–H and O–H groups in total. The highest BCUT2D eigenvalue weighted by Crippen LogP contribution is 2.33. The molecule has 4 rings (SSSR count). The fourth-order valence-electron chi connectivity index (χ4n) is 3.46. The van der Waals surface area contributed by atoms with Crippen LogP contribution in [0, 0.1) is 0 Å². The number of fused-ring (bicyclic) bond motifs is 1. The van der Waals surface area contributed by atoms with Gasteiger partial charge in [-0.05, 0) is 35.4 Å². The zero-order valence-electron chi connectivity index (χ0n) is 16.9. The number of nitrogens with two attached hydrogens (primary N) is 2. The number of amides is 1. The molecule has 0 radical (unpaired) electrons. The first-order chi connectivity index (χ1) is 15.2. The van der Waals surface area contributed by atoms with E-state index in [0.29, 0.717) is 32.7 Å². The van der Waals surface area contributed by atoms with Gasteiger partial charge in [0.05, 0.1) is 10.3 Å². The second-order valence-electron chi connectivity index (χ2n) is 7.25. The fourth-order valence-corrected chi connectivity index (χ4v) is 4.44. The van der Waals surface area contributed by atoms with Crippen LogP contribution >= 0.6 is 11.3 Å². The lowest BCUT2D eigenvalue weighted by atomic mass is 10.0. The summed E-state index contributed by atoms with van der Waals surface area (Å²) in [6, 6.07) is 8.47. The van der Waals surface area contributed by atoms with Crippen molar-refractivity contribution < 1.29 is 14.7 Å². The SMILES string of the molecule is CC(c1ccc(C(=O)NC(C(=O)O)c2ccc(N)cc2)s1)c1c[nH]c2nc(N)[nH]c(=O)c12. The molecular weight excluding hydrogens is 432 g/mol. The van der Waals surface area contributed by atoms with Gasteiger partial charge in [-0.1, -0.05) is 19.1 Å². The van der Waals surface area contributed by atoms with Crippen molar-refractivity contribution in [3.63, 3.8) is 0 Å². The van der Waals surface area contributed by atoms with Crippen molar-refractivity contribution in [1.82, 2.24) is 20.3 Å². The number of hydrogen-bond acceptors (Lipinski definition) is 7. The maximum Gasteiger partial charge on any atom is 0.330 e. The molecule has 0 saturated heterocycles. The van der Waals surface area contributed by atoms with E-state index in [1.165, 1.54) is 11.3 Å². The monoisotopic (exact) mass is 452 g/mol. The van der Waals surface area contributed by atoms with Crippen LogP contribution in [0.3, 0.4) is 0 Å². The van der Waals surface area contributed by atoms with Crippen molar-refractivity contribution in [3.8, 4) is 0 Å². The Morgan fingerprint density at radius 3 is 2.56 bits per heavy atom. The van der Waals surface area contributed by atoms with Crippen LogP contribution < -0.4 is 22.3 Å². The summed E-state index contributed by atoms with van der Waals surface area (Å²) >= 11 is 1.22. The molecule has 10 nitrogen and oxygen atoms in total. The lowest BCUT2D eigenvalue weighted by Crippen LogP contribution is -2.33. The van der Waals surface area contributed by atoms with E-state index in [2.05, 4.69) is 20.3 Å². The maximum absolute atomic E-state index is 12.8. The van der Waals surface area contributed by atoms with Gasteiger partial charge in [0.15, 0.2) is 6.04 Å². The number of nitrogens with one attached hydrogen (secondary N) is 3. The van der Waals surface area contributed by atoms with Crippen LogP contribution in [0.1, 0.15) is 44.6 Å². The lowest BCUT2D eigenvalue weighted by molar-refractivity contribution is -0.139. The first-order valence-electron chi connectivity index (χ1n) is 9.60. The van der Waals surface area contributed by atoms with Crippen molar-refractivity contribution in [2.75, 3.05) is 11.5 Å². The highest BCUT2D eigenvalue weighted by Gasteiger charge is 2.25. The summed E-state index contributed by atoms with van der Waals surface area (Å²) in [7, 11) is 0. The van der Waals surface area contributed by atoms with Gasteiger partial charge in [0.2, 0.25) is 5.95 Å². The number of thiophene rings is 1. The summed E-state index contributed by atoms with van der Waals surface area (Å²) in [4.78, 5) is 47.5. The second kappa shape index (κ2) is 8.19. The number of carbonyl (C=O) groups is 2. The first kappa shape index (κ1) is 21.1. The zero-order valence-corrected chi connectivity index (χ0v) is 17.7. The average molecular weight is 452 g/mol. The lowest BCUT2D eigenvalue weighted by Gasteiger charge is -2.14. The Morgan fingerprint density at radius 2 is 1.88 bits per heavy atom. The molecule has 0 bridgehead atoms. The number of aliphatic carboxylic acids is 1. The van der Waals surface area contributed by atoms with Crippen molar-refractivity contribution in [1.29, 1.82) is 0 Å². The smallest absolute Gasteiger partial charge is 0.330 e.